The van der Waals surface area contributed by atoms with Crippen molar-refractivity contribution in [1.82, 2.24) is 10.6 Å². The Labute approximate surface area is 122 Å². The molecule has 0 bridgehead atoms. The molecule has 2 rings (SSSR count). The molecule has 0 saturated heterocycles. The van der Waals surface area contributed by atoms with Gasteiger partial charge in [-0.25, -0.2) is 0 Å². The van der Waals surface area contributed by atoms with Gasteiger partial charge in [0.1, 0.15) is 0 Å². The second kappa shape index (κ2) is 6.40. The van der Waals surface area contributed by atoms with E-state index in [4.69, 9.17) is 0 Å². The van der Waals surface area contributed by atoms with Crippen molar-refractivity contribution in [2.75, 3.05) is 13.1 Å². The Morgan fingerprint density at radius 1 is 1.20 bits per heavy atom. The normalized spacial score (nSPS) is 15.2. The summed E-state index contributed by atoms with van der Waals surface area (Å²) in [5.74, 6) is 0.0435. The molecule has 0 spiro atoms. The van der Waals surface area contributed by atoms with Crippen molar-refractivity contribution in [2.24, 2.45) is 0 Å². The molecule has 0 aromatic heterocycles. The van der Waals surface area contributed by atoms with Crippen LogP contribution in [0.4, 0.5) is 0 Å². The summed E-state index contributed by atoms with van der Waals surface area (Å²) < 4.78 is 0. The molecule has 3 nitrogen and oxygen atoms in total. The van der Waals surface area contributed by atoms with Crippen molar-refractivity contribution in [3.8, 4) is 0 Å². The number of hydrogen-bond acceptors (Lipinski definition) is 2. The molecule has 1 aliphatic rings. The third kappa shape index (κ3) is 4.34. The van der Waals surface area contributed by atoms with Crippen LogP contribution in [0.3, 0.4) is 0 Å². The fourth-order valence-electron chi connectivity index (χ4n) is 2.31. The largest absolute Gasteiger partial charge is 0.352 e. The van der Waals surface area contributed by atoms with Crippen molar-refractivity contribution in [2.45, 2.75) is 51.5 Å². The molecule has 1 saturated carbocycles. The maximum absolute atomic E-state index is 12.3. The standard InChI is InChI=1S/C17H26N2O/c1-17(2,3)15-8-5-4-7-14(15)16(20)19-12-6-11-18-13-9-10-13/h4-5,7-8,13,18H,6,9-12H2,1-3H3,(H,19,20). The lowest BCUT2D eigenvalue weighted by molar-refractivity contribution is 0.0951. The lowest BCUT2D eigenvalue weighted by Gasteiger charge is -2.22. The average Bonchev–Trinajstić information content (AvgIpc) is 3.21. The number of rotatable bonds is 6. The molecular formula is C17H26N2O. The molecule has 20 heavy (non-hydrogen) atoms. The van der Waals surface area contributed by atoms with Crippen LogP contribution >= 0.6 is 0 Å². The van der Waals surface area contributed by atoms with E-state index in [1.807, 2.05) is 24.3 Å². The Morgan fingerprint density at radius 3 is 2.55 bits per heavy atom. The second-order valence-corrected chi connectivity index (χ2v) is 6.63. The molecule has 0 aliphatic heterocycles. The van der Waals surface area contributed by atoms with Gasteiger partial charge in [-0.05, 0) is 42.9 Å². The molecule has 2 N–H and O–H groups in total. The first-order valence-electron chi connectivity index (χ1n) is 7.59. The van der Waals surface area contributed by atoms with Gasteiger partial charge >= 0.3 is 0 Å². The highest BCUT2D eigenvalue weighted by Gasteiger charge is 2.21. The minimum Gasteiger partial charge on any atom is -0.352 e. The van der Waals surface area contributed by atoms with E-state index in [9.17, 15) is 4.79 Å². The third-order valence-electron chi connectivity index (χ3n) is 3.63. The number of carbonyl (C=O) groups is 1. The maximum Gasteiger partial charge on any atom is 0.251 e. The number of nitrogens with one attached hydrogen (secondary N) is 2. The summed E-state index contributed by atoms with van der Waals surface area (Å²) in [4.78, 5) is 12.3. The summed E-state index contributed by atoms with van der Waals surface area (Å²) in [5, 5.41) is 6.48. The van der Waals surface area contributed by atoms with E-state index in [0.717, 1.165) is 36.7 Å². The summed E-state index contributed by atoms with van der Waals surface area (Å²) in [6, 6.07) is 8.63. The summed E-state index contributed by atoms with van der Waals surface area (Å²) in [6.07, 6.45) is 3.61. The van der Waals surface area contributed by atoms with Crippen LogP contribution < -0.4 is 10.6 Å². The van der Waals surface area contributed by atoms with E-state index in [2.05, 4.69) is 31.4 Å². The fourth-order valence-corrected chi connectivity index (χ4v) is 2.31. The highest BCUT2D eigenvalue weighted by atomic mass is 16.1. The number of benzene rings is 1. The summed E-state index contributed by atoms with van der Waals surface area (Å²) in [5.41, 5.74) is 1.89. The zero-order valence-corrected chi connectivity index (χ0v) is 12.8. The van der Waals surface area contributed by atoms with Crippen LogP contribution in [0.25, 0.3) is 0 Å². The predicted octanol–water partition coefficient (Wildman–Crippen LogP) is 2.86. The SMILES string of the molecule is CC(C)(C)c1ccccc1C(=O)NCCCNC1CC1. The molecule has 3 heteroatoms. The van der Waals surface area contributed by atoms with Crippen LogP contribution in [-0.2, 0) is 5.41 Å². The number of hydrogen-bond donors (Lipinski definition) is 2. The minimum absolute atomic E-state index is 0.0124. The Morgan fingerprint density at radius 2 is 1.90 bits per heavy atom. The number of amides is 1. The molecule has 1 aromatic rings. The van der Waals surface area contributed by atoms with Gasteiger partial charge in [0.2, 0.25) is 0 Å². The lowest BCUT2D eigenvalue weighted by atomic mass is 9.83. The molecule has 1 aliphatic carbocycles. The Hall–Kier alpha value is -1.35. The zero-order valence-electron chi connectivity index (χ0n) is 12.8. The van der Waals surface area contributed by atoms with Crippen LogP contribution in [0, 0.1) is 0 Å². The van der Waals surface area contributed by atoms with Crippen LogP contribution in [0.2, 0.25) is 0 Å². The van der Waals surface area contributed by atoms with Crippen LogP contribution in [0.15, 0.2) is 24.3 Å². The highest BCUT2D eigenvalue weighted by Crippen LogP contribution is 2.25. The maximum atomic E-state index is 12.3. The van der Waals surface area contributed by atoms with Crippen LogP contribution in [0.5, 0.6) is 0 Å². The molecule has 0 unspecified atom stereocenters. The van der Waals surface area contributed by atoms with Gasteiger partial charge in [0.25, 0.3) is 5.91 Å². The van der Waals surface area contributed by atoms with E-state index >= 15 is 0 Å². The van der Waals surface area contributed by atoms with Crippen LogP contribution in [-0.4, -0.2) is 25.0 Å². The first-order valence-corrected chi connectivity index (χ1v) is 7.59. The van der Waals surface area contributed by atoms with Gasteiger partial charge in [0.05, 0.1) is 0 Å². The predicted molar refractivity (Wildman–Crippen MR) is 83.1 cm³/mol. The van der Waals surface area contributed by atoms with Gasteiger partial charge in [-0.3, -0.25) is 4.79 Å². The Bertz CT molecular complexity index is 458. The Kier molecular flexibility index (Phi) is 4.81. The van der Waals surface area contributed by atoms with E-state index in [1.54, 1.807) is 0 Å². The molecule has 0 heterocycles. The summed E-state index contributed by atoms with van der Waals surface area (Å²) >= 11 is 0. The number of carbonyl (C=O) groups excluding carboxylic acids is 1. The zero-order chi connectivity index (χ0) is 14.6. The average molecular weight is 274 g/mol. The monoisotopic (exact) mass is 274 g/mol. The van der Waals surface area contributed by atoms with Gasteiger partial charge < -0.3 is 10.6 Å². The van der Waals surface area contributed by atoms with Crippen molar-refractivity contribution in [3.63, 3.8) is 0 Å². The third-order valence-corrected chi connectivity index (χ3v) is 3.63. The summed E-state index contributed by atoms with van der Waals surface area (Å²) in [6.45, 7) is 8.14. The second-order valence-electron chi connectivity index (χ2n) is 6.63. The van der Waals surface area contributed by atoms with Crippen molar-refractivity contribution in [3.05, 3.63) is 35.4 Å². The molecule has 110 valence electrons. The molecule has 0 radical (unpaired) electrons. The molecule has 1 aromatic carbocycles. The van der Waals surface area contributed by atoms with E-state index in [0.29, 0.717) is 0 Å². The Balaban J connectivity index is 1.85. The van der Waals surface area contributed by atoms with Crippen LogP contribution in [0.1, 0.15) is 56.0 Å². The smallest absolute Gasteiger partial charge is 0.251 e. The van der Waals surface area contributed by atoms with Gasteiger partial charge in [-0.15, -0.1) is 0 Å². The minimum atomic E-state index is -0.0124. The first-order chi connectivity index (χ1) is 9.48. The van der Waals surface area contributed by atoms with Crippen molar-refractivity contribution < 1.29 is 4.79 Å². The molecule has 1 fully saturated rings. The van der Waals surface area contributed by atoms with E-state index in [-0.39, 0.29) is 11.3 Å². The topological polar surface area (TPSA) is 41.1 Å². The van der Waals surface area contributed by atoms with E-state index < -0.39 is 0 Å². The quantitative estimate of drug-likeness (QED) is 0.783. The molecular weight excluding hydrogens is 248 g/mol. The van der Waals surface area contributed by atoms with Gasteiger partial charge in [0, 0.05) is 18.2 Å². The van der Waals surface area contributed by atoms with Gasteiger partial charge in [-0.1, -0.05) is 39.0 Å². The molecule has 0 atom stereocenters. The van der Waals surface area contributed by atoms with Crippen molar-refractivity contribution in [1.29, 1.82) is 0 Å². The highest BCUT2D eigenvalue weighted by molar-refractivity contribution is 5.96. The van der Waals surface area contributed by atoms with Gasteiger partial charge in [0.15, 0.2) is 0 Å². The first kappa shape index (κ1) is 15.0. The fraction of sp³-hybridized carbons (Fsp3) is 0.588. The van der Waals surface area contributed by atoms with Gasteiger partial charge in [-0.2, -0.15) is 0 Å². The lowest BCUT2D eigenvalue weighted by Crippen LogP contribution is -2.30. The summed E-state index contributed by atoms with van der Waals surface area (Å²) in [7, 11) is 0. The molecule has 1 amide bonds. The van der Waals surface area contributed by atoms with Crippen molar-refractivity contribution >= 4 is 5.91 Å². The van der Waals surface area contributed by atoms with E-state index in [1.165, 1.54) is 12.8 Å².